The van der Waals surface area contributed by atoms with Gasteiger partial charge in [-0.15, -0.1) is 0 Å². The first kappa shape index (κ1) is 8.91. The van der Waals surface area contributed by atoms with Gasteiger partial charge in [-0.2, -0.15) is 0 Å². The van der Waals surface area contributed by atoms with Gasteiger partial charge in [-0.3, -0.25) is 0 Å². The predicted octanol–water partition coefficient (Wildman–Crippen LogP) is 2.21. The van der Waals surface area contributed by atoms with Crippen molar-refractivity contribution in [1.29, 1.82) is 0 Å². The highest BCUT2D eigenvalue weighted by atomic mass is 14.8. The van der Waals surface area contributed by atoms with E-state index < -0.39 is 0 Å². The van der Waals surface area contributed by atoms with E-state index in [1.807, 2.05) is 30.6 Å². The van der Waals surface area contributed by atoms with Gasteiger partial charge >= 0.3 is 0 Å². The molecule has 3 heterocycles. The van der Waals surface area contributed by atoms with Crippen molar-refractivity contribution in [3.8, 4) is 11.1 Å². The fourth-order valence-electron chi connectivity index (χ4n) is 1.73. The molecule has 4 heteroatoms. The molecule has 3 rings (SSSR count). The summed E-state index contributed by atoms with van der Waals surface area (Å²) in [5, 5.41) is 1.09. The summed E-state index contributed by atoms with van der Waals surface area (Å²) in [5.74, 6) is 0.520. The molecule has 4 nitrogen and oxygen atoms in total. The summed E-state index contributed by atoms with van der Waals surface area (Å²) in [6, 6.07) is 7.84. The van der Waals surface area contributed by atoms with Crippen LogP contribution in [0.1, 0.15) is 0 Å². The predicted molar refractivity (Wildman–Crippen MR) is 63.7 cm³/mol. The molecule has 0 aliphatic heterocycles. The van der Waals surface area contributed by atoms with Crippen LogP contribution in [-0.4, -0.2) is 15.0 Å². The van der Waals surface area contributed by atoms with Crippen molar-refractivity contribution in [3.63, 3.8) is 0 Å². The van der Waals surface area contributed by atoms with Crippen molar-refractivity contribution in [3.05, 3.63) is 42.9 Å². The minimum Gasteiger partial charge on any atom is -0.384 e. The number of rotatable bonds is 1. The average molecular weight is 210 g/mol. The Bertz CT molecular complexity index is 642. The summed E-state index contributed by atoms with van der Waals surface area (Å²) in [7, 11) is 0. The minimum absolute atomic E-state index is 0.520. The normalized spacial score (nSPS) is 10.8. The third kappa shape index (κ3) is 1.40. The van der Waals surface area contributed by atoms with Crippen molar-refractivity contribution in [1.82, 2.24) is 15.0 Å². The Hall–Kier alpha value is -2.36. The van der Waals surface area contributed by atoms with Crippen LogP contribution in [0.5, 0.6) is 0 Å². The van der Waals surface area contributed by atoms with E-state index in [2.05, 4.69) is 21.0 Å². The molecule has 0 unspecified atom stereocenters. The van der Waals surface area contributed by atoms with Crippen LogP contribution >= 0.6 is 0 Å². The molecule has 78 valence electrons. The quantitative estimate of drug-likeness (QED) is 0.647. The molecule has 0 bridgehead atoms. The van der Waals surface area contributed by atoms with E-state index in [0.29, 0.717) is 5.82 Å². The van der Waals surface area contributed by atoms with Gasteiger partial charge in [-0.25, -0.2) is 9.97 Å². The molecule has 0 fully saturated rings. The molecule has 0 saturated carbocycles. The van der Waals surface area contributed by atoms with Crippen LogP contribution in [0.15, 0.2) is 42.9 Å². The van der Waals surface area contributed by atoms with E-state index >= 15 is 0 Å². The highest BCUT2D eigenvalue weighted by molar-refractivity contribution is 5.81. The Morgan fingerprint density at radius 1 is 1.06 bits per heavy atom. The molecule has 0 amide bonds. The van der Waals surface area contributed by atoms with Crippen LogP contribution < -0.4 is 5.73 Å². The summed E-state index contributed by atoms with van der Waals surface area (Å²) in [6.45, 7) is 0. The fourth-order valence-corrected chi connectivity index (χ4v) is 1.73. The lowest BCUT2D eigenvalue weighted by molar-refractivity contribution is 1.31. The van der Waals surface area contributed by atoms with Gasteiger partial charge in [0.05, 0.1) is 0 Å². The van der Waals surface area contributed by atoms with Gasteiger partial charge in [-0.1, -0.05) is 0 Å². The lowest BCUT2D eigenvalue weighted by atomic mass is 10.1. The first-order chi connectivity index (χ1) is 7.83. The Labute approximate surface area is 92.2 Å². The highest BCUT2D eigenvalue weighted by Crippen LogP contribution is 2.22. The topological polar surface area (TPSA) is 67.6 Å². The van der Waals surface area contributed by atoms with Crippen LogP contribution in [0.2, 0.25) is 0 Å². The molecule has 0 saturated heterocycles. The van der Waals surface area contributed by atoms with Crippen molar-refractivity contribution >= 4 is 16.9 Å². The van der Waals surface area contributed by atoms with Gasteiger partial charge in [0.1, 0.15) is 11.5 Å². The van der Waals surface area contributed by atoms with Crippen LogP contribution in [0.4, 0.5) is 5.82 Å². The highest BCUT2D eigenvalue weighted by Gasteiger charge is 2.01. The zero-order valence-electron chi connectivity index (χ0n) is 8.51. The summed E-state index contributed by atoms with van der Waals surface area (Å²) in [5.41, 5.74) is 8.62. The number of H-pyrrole nitrogens is 1. The lowest BCUT2D eigenvalue weighted by Crippen LogP contribution is -1.89. The number of pyridine rings is 2. The van der Waals surface area contributed by atoms with Gasteiger partial charge in [0.2, 0.25) is 0 Å². The number of nitrogens with one attached hydrogen (secondary N) is 1. The molecular formula is C12H10N4. The molecule has 0 aromatic carbocycles. The standard InChI is InChI=1S/C12H10N4/c13-11-6-8(1-3-14-11)10-5-9-2-4-15-12(9)16-7-10/h1-7H,(H2,13,14)(H,15,16). The van der Waals surface area contributed by atoms with Gasteiger partial charge in [-0.05, 0) is 29.8 Å². The van der Waals surface area contributed by atoms with E-state index in [1.54, 1.807) is 6.20 Å². The SMILES string of the molecule is Nc1cc(-c2cnc3[nH]ccc3c2)ccn1. The van der Waals surface area contributed by atoms with Crippen molar-refractivity contribution < 1.29 is 0 Å². The summed E-state index contributed by atoms with van der Waals surface area (Å²) in [6.07, 6.45) is 5.40. The summed E-state index contributed by atoms with van der Waals surface area (Å²) >= 11 is 0. The number of nitrogen functional groups attached to an aromatic ring is 1. The second kappa shape index (κ2) is 3.34. The number of fused-ring (bicyclic) bond motifs is 1. The number of aromatic amines is 1. The molecule has 16 heavy (non-hydrogen) atoms. The zero-order valence-corrected chi connectivity index (χ0v) is 8.51. The molecule has 0 aliphatic carbocycles. The number of nitrogens with two attached hydrogens (primary N) is 1. The smallest absolute Gasteiger partial charge is 0.137 e. The fraction of sp³-hybridized carbons (Fsp3) is 0. The third-order valence-corrected chi connectivity index (χ3v) is 2.51. The van der Waals surface area contributed by atoms with Gasteiger partial charge in [0.25, 0.3) is 0 Å². The first-order valence-electron chi connectivity index (χ1n) is 4.98. The number of hydrogen-bond acceptors (Lipinski definition) is 3. The molecule has 0 atom stereocenters. The molecule has 3 N–H and O–H groups in total. The molecule has 3 aromatic heterocycles. The lowest BCUT2D eigenvalue weighted by Gasteiger charge is -2.01. The third-order valence-electron chi connectivity index (χ3n) is 2.51. The van der Waals surface area contributed by atoms with Crippen molar-refractivity contribution in [2.45, 2.75) is 0 Å². The maximum absolute atomic E-state index is 5.65. The second-order valence-electron chi connectivity index (χ2n) is 3.61. The van der Waals surface area contributed by atoms with Crippen LogP contribution in [0.25, 0.3) is 22.2 Å². The van der Waals surface area contributed by atoms with Gasteiger partial charge in [0.15, 0.2) is 0 Å². The first-order valence-corrected chi connectivity index (χ1v) is 4.98. The largest absolute Gasteiger partial charge is 0.384 e. The molecule has 0 spiro atoms. The average Bonchev–Trinajstić information content (AvgIpc) is 2.75. The molecule has 0 aliphatic rings. The molecule has 3 aromatic rings. The molecule has 0 radical (unpaired) electrons. The maximum atomic E-state index is 5.65. The number of anilines is 1. The van der Waals surface area contributed by atoms with Gasteiger partial charge in [0, 0.05) is 29.5 Å². The van der Waals surface area contributed by atoms with Crippen molar-refractivity contribution in [2.24, 2.45) is 0 Å². The van der Waals surface area contributed by atoms with Crippen LogP contribution in [0.3, 0.4) is 0 Å². The monoisotopic (exact) mass is 210 g/mol. The van der Waals surface area contributed by atoms with E-state index in [9.17, 15) is 0 Å². The minimum atomic E-state index is 0.520. The number of nitrogens with zero attached hydrogens (tertiary/aromatic N) is 2. The second-order valence-corrected chi connectivity index (χ2v) is 3.61. The van der Waals surface area contributed by atoms with E-state index in [1.165, 1.54) is 0 Å². The van der Waals surface area contributed by atoms with E-state index in [4.69, 9.17) is 5.73 Å². The summed E-state index contributed by atoms with van der Waals surface area (Å²) in [4.78, 5) is 11.4. The molecular weight excluding hydrogens is 200 g/mol. The maximum Gasteiger partial charge on any atom is 0.137 e. The van der Waals surface area contributed by atoms with E-state index in [0.717, 1.165) is 22.2 Å². The van der Waals surface area contributed by atoms with Crippen LogP contribution in [-0.2, 0) is 0 Å². The number of aromatic nitrogens is 3. The Morgan fingerprint density at radius 2 is 2.00 bits per heavy atom. The van der Waals surface area contributed by atoms with Crippen molar-refractivity contribution in [2.75, 3.05) is 5.73 Å². The Balaban J connectivity index is 2.18. The van der Waals surface area contributed by atoms with Crippen LogP contribution in [0, 0.1) is 0 Å². The number of hydrogen-bond donors (Lipinski definition) is 2. The van der Waals surface area contributed by atoms with Gasteiger partial charge < -0.3 is 10.7 Å². The zero-order chi connectivity index (χ0) is 11.0. The Morgan fingerprint density at radius 3 is 2.88 bits per heavy atom. The summed E-state index contributed by atoms with van der Waals surface area (Å²) < 4.78 is 0. The van der Waals surface area contributed by atoms with E-state index in [-0.39, 0.29) is 0 Å². The Kier molecular flexibility index (Phi) is 1.86.